The fourth-order valence-corrected chi connectivity index (χ4v) is 3.77. The number of nitrogens with zero attached hydrogens (tertiary/aromatic N) is 2. The van der Waals surface area contributed by atoms with Crippen molar-refractivity contribution in [1.82, 2.24) is 0 Å². The summed E-state index contributed by atoms with van der Waals surface area (Å²) in [5, 5.41) is 24.5. The normalized spacial score (nSPS) is 20.1. The molecule has 0 saturated heterocycles. The smallest absolute Gasteiger partial charge is 0.522 e. The molecule has 1 heterocycles. The highest BCUT2D eigenvalue weighted by atomic mass is 16.6. The van der Waals surface area contributed by atoms with Crippen molar-refractivity contribution in [1.29, 1.82) is 0 Å². The molecule has 3 atom stereocenters. The van der Waals surface area contributed by atoms with Gasteiger partial charge in [-0.15, -0.1) is 0 Å². The van der Waals surface area contributed by atoms with Crippen molar-refractivity contribution in [2.24, 2.45) is 0 Å². The summed E-state index contributed by atoms with van der Waals surface area (Å²) in [6.45, 7) is 0.0238. The molecule has 0 saturated carbocycles. The van der Waals surface area contributed by atoms with E-state index in [-0.39, 0.29) is 24.6 Å². The molecule has 0 bridgehead atoms. The van der Waals surface area contributed by atoms with Crippen molar-refractivity contribution in [3.63, 3.8) is 0 Å². The van der Waals surface area contributed by atoms with Crippen LogP contribution < -0.4 is 0 Å². The van der Waals surface area contributed by atoms with Crippen molar-refractivity contribution in [3.05, 3.63) is 123 Å². The zero-order chi connectivity index (χ0) is 24.6. The van der Waals surface area contributed by atoms with Gasteiger partial charge < -0.3 is 19.4 Å². The van der Waals surface area contributed by atoms with E-state index in [9.17, 15) is 20.1 Å². The van der Waals surface area contributed by atoms with E-state index in [2.05, 4.69) is 0 Å². The highest BCUT2D eigenvalue weighted by molar-refractivity contribution is 5.88. The molecule has 180 valence electrons. The standard InChI is InChI=1S/C26H24N2O7/c29-26-24(35-18-21-14-8-3-9-15-21)22(33-16-19-10-4-1-5-11-19)23(25(27(26)30)28(31)32)34-17-20-12-6-2-7-13-20/h1-15,22-24H,16-18H2/t22-,23+,24-/m1/s1. The molecule has 1 aliphatic rings. The van der Waals surface area contributed by atoms with Crippen LogP contribution in [-0.4, -0.2) is 39.7 Å². The average Bonchev–Trinajstić information content (AvgIpc) is 2.89. The monoisotopic (exact) mass is 476 g/mol. The lowest BCUT2D eigenvalue weighted by Gasteiger charge is -2.31. The molecule has 9 nitrogen and oxygen atoms in total. The van der Waals surface area contributed by atoms with Crippen LogP contribution in [-0.2, 0) is 38.8 Å². The Kier molecular flexibility index (Phi) is 7.94. The minimum Gasteiger partial charge on any atom is -0.611 e. The van der Waals surface area contributed by atoms with Gasteiger partial charge in [0, 0.05) is 0 Å². The number of hydroxylamine groups is 1. The molecule has 3 aromatic carbocycles. The van der Waals surface area contributed by atoms with Gasteiger partial charge in [-0.05, 0) is 16.7 Å². The van der Waals surface area contributed by atoms with Crippen molar-refractivity contribution < 1.29 is 28.7 Å². The summed E-state index contributed by atoms with van der Waals surface area (Å²) in [5.41, 5.74) is 2.30. The lowest BCUT2D eigenvalue weighted by molar-refractivity contribution is -0.492. The second-order valence-electron chi connectivity index (χ2n) is 7.94. The lowest BCUT2D eigenvalue weighted by atomic mass is 10.0. The molecule has 1 amide bonds. The van der Waals surface area contributed by atoms with Crippen LogP contribution in [0.2, 0.25) is 0 Å². The Balaban J connectivity index is 1.65. The van der Waals surface area contributed by atoms with Crippen molar-refractivity contribution >= 4 is 11.7 Å². The van der Waals surface area contributed by atoms with Crippen LogP contribution in [0.15, 0.2) is 91.0 Å². The molecule has 4 rings (SSSR count). The van der Waals surface area contributed by atoms with E-state index in [0.29, 0.717) is 0 Å². The van der Waals surface area contributed by atoms with Gasteiger partial charge >= 0.3 is 11.7 Å². The zero-order valence-corrected chi connectivity index (χ0v) is 18.8. The van der Waals surface area contributed by atoms with Crippen LogP contribution in [0.4, 0.5) is 0 Å². The number of carbonyl (C=O) groups excluding carboxylic acids is 1. The largest absolute Gasteiger partial charge is 0.611 e. The first-order chi connectivity index (χ1) is 17.0. The molecule has 3 aromatic rings. The molecular formula is C26H24N2O7. The van der Waals surface area contributed by atoms with E-state index < -0.39 is 35.0 Å². The predicted molar refractivity (Wildman–Crippen MR) is 126 cm³/mol. The summed E-state index contributed by atoms with van der Waals surface area (Å²) < 4.78 is 17.5. The van der Waals surface area contributed by atoms with Gasteiger partial charge in [0.2, 0.25) is 12.2 Å². The highest BCUT2D eigenvalue weighted by Crippen LogP contribution is 2.24. The molecule has 0 N–H and O–H groups in total. The molecule has 0 radical (unpaired) electrons. The summed E-state index contributed by atoms with van der Waals surface area (Å²) >= 11 is 0. The Bertz CT molecular complexity index is 1170. The second-order valence-corrected chi connectivity index (χ2v) is 7.94. The van der Waals surface area contributed by atoms with E-state index in [1.165, 1.54) is 0 Å². The van der Waals surface area contributed by atoms with Crippen LogP contribution in [0.5, 0.6) is 0 Å². The average molecular weight is 476 g/mol. The summed E-state index contributed by atoms with van der Waals surface area (Å²) in [6, 6.07) is 27.2. The minimum absolute atomic E-state index is 0.00941. The Morgan fingerprint density at radius 2 is 1.09 bits per heavy atom. The number of hydrogen-bond donors (Lipinski definition) is 0. The molecule has 0 aliphatic carbocycles. The summed E-state index contributed by atoms with van der Waals surface area (Å²) in [5.74, 6) is -2.03. The molecular weight excluding hydrogens is 452 g/mol. The second kappa shape index (κ2) is 11.5. The maximum absolute atomic E-state index is 12.9. The number of hydrogen-bond acceptors (Lipinski definition) is 7. The Morgan fingerprint density at radius 3 is 1.51 bits per heavy atom. The topological polar surface area (TPSA) is 114 Å². The number of amidine groups is 1. The van der Waals surface area contributed by atoms with Gasteiger partial charge in [0.05, 0.1) is 19.8 Å². The maximum Gasteiger partial charge on any atom is 0.522 e. The first-order valence-corrected chi connectivity index (χ1v) is 11.0. The third-order valence-electron chi connectivity index (χ3n) is 5.52. The van der Waals surface area contributed by atoms with Crippen molar-refractivity contribution in [3.8, 4) is 0 Å². The quantitative estimate of drug-likeness (QED) is 0.201. The molecule has 0 spiro atoms. The third kappa shape index (κ3) is 5.96. The molecule has 9 heteroatoms. The number of benzene rings is 3. The van der Waals surface area contributed by atoms with Crippen LogP contribution in [0.25, 0.3) is 0 Å². The maximum atomic E-state index is 12.9. The van der Waals surface area contributed by atoms with Crippen LogP contribution in [0.3, 0.4) is 0 Å². The van der Waals surface area contributed by atoms with Crippen LogP contribution >= 0.6 is 0 Å². The van der Waals surface area contributed by atoms with E-state index in [4.69, 9.17) is 14.2 Å². The Labute approximate surface area is 201 Å². The van der Waals surface area contributed by atoms with Gasteiger partial charge in [-0.25, -0.2) is 4.79 Å². The molecule has 35 heavy (non-hydrogen) atoms. The fraction of sp³-hybridized carbons (Fsp3) is 0.231. The van der Waals surface area contributed by atoms with Crippen LogP contribution in [0.1, 0.15) is 16.7 Å². The molecule has 0 fully saturated rings. The third-order valence-corrected chi connectivity index (χ3v) is 5.52. The number of ether oxygens (including phenoxy) is 3. The summed E-state index contributed by atoms with van der Waals surface area (Å²) in [6.07, 6.45) is -4.06. The Morgan fingerprint density at radius 1 is 0.686 bits per heavy atom. The van der Waals surface area contributed by atoms with E-state index in [1.54, 1.807) is 36.4 Å². The minimum atomic E-state index is -1.44. The van der Waals surface area contributed by atoms with Gasteiger partial charge in [-0.1, -0.05) is 95.7 Å². The molecule has 1 aliphatic heterocycles. The Hall–Kier alpha value is -3.92. The first kappa shape index (κ1) is 24.2. The highest BCUT2D eigenvalue weighted by Gasteiger charge is 2.57. The molecule has 0 unspecified atom stereocenters. The number of nitro groups is 1. The summed E-state index contributed by atoms with van der Waals surface area (Å²) in [4.78, 5) is 23.9. The molecule has 0 aromatic heterocycles. The van der Waals surface area contributed by atoms with Crippen LogP contribution in [0, 0.1) is 15.3 Å². The van der Waals surface area contributed by atoms with Gasteiger partial charge in [0.15, 0.2) is 0 Å². The summed E-state index contributed by atoms with van der Waals surface area (Å²) in [7, 11) is 0. The SMILES string of the molecule is O=C1[C@H](OCc2ccccc2)[C@H](OCc2ccccc2)[C@H](OCc2ccccc2)C([N+](=O)[O-])=[N+]1[O-]. The van der Waals surface area contributed by atoms with Crippen molar-refractivity contribution in [2.75, 3.05) is 0 Å². The van der Waals surface area contributed by atoms with Gasteiger partial charge in [0.25, 0.3) is 0 Å². The predicted octanol–water partition coefficient (Wildman–Crippen LogP) is 3.47. The zero-order valence-electron chi connectivity index (χ0n) is 18.8. The fourth-order valence-electron chi connectivity index (χ4n) is 3.77. The van der Waals surface area contributed by atoms with Gasteiger partial charge in [0.1, 0.15) is 11.0 Å². The first-order valence-electron chi connectivity index (χ1n) is 11.0. The van der Waals surface area contributed by atoms with E-state index >= 15 is 0 Å². The number of carbonyl (C=O) groups is 1. The lowest BCUT2D eigenvalue weighted by Crippen LogP contribution is -2.60. The van der Waals surface area contributed by atoms with Crippen molar-refractivity contribution in [2.45, 2.75) is 38.1 Å². The van der Waals surface area contributed by atoms with Gasteiger partial charge in [-0.3, -0.25) is 10.1 Å². The van der Waals surface area contributed by atoms with E-state index in [1.807, 2.05) is 54.6 Å². The van der Waals surface area contributed by atoms with E-state index in [0.717, 1.165) is 16.7 Å². The van der Waals surface area contributed by atoms with Gasteiger partial charge in [-0.2, -0.15) is 0 Å². The number of rotatable bonds is 9. The number of amides is 1.